The Morgan fingerprint density at radius 1 is 1.10 bits per heavy atom. The molecule has 1 amide bonds. The van der Waals surface area contributed by atoms with Crippen LogP contribution in [0, 0.1) is 0 Å². The monoisotopic (exact) mass is 441 g/mol. The zero-order chi connectivity index (χ0) is 21.1. The Bertz CT molecular complexity index is 1130. The summed E-state index contributed by atoms with van der Waals surface area (Å²) in [6.45, 7) is 0. The molecule has 152 valence electrons. The second kappa shape index (κ2) is 8.73. The maximum Gasteiger partial charge on any atom is 0.255 e. The summed E-state index contributed by atoms with van der Waals surface area (Å²) in [7, 11) is 1.54. The fourth-order valence-electron chi connectivity index (χ4n) is 3.24. The highest BCUT2D eigenvalue weighted by Crippen LogP contribution is 2.33. The maximum absolute atomic E-state index is 12.4. The average molecular weight is 442 g/mol. The van der Waals surface area contributed by atoms with E-state index >= 15 is 0 Å². The Morgan fingerprint density at radius 2 is 1.97 bits per heavy atom. The van der Waals surface area contributed by atoms with Gasteiger partial charge in [-0.1, -0.05) is 40.5 Å². The number of anilines is 1. The molecule has 6 nitrogen and oxygen atoms in total. The van der Waals surface area contributed by atoms with Crippen molar-refractivity contribution >= 4 is 40.5 Å². The standard InChI is InChI=1S/C22H17Cl2N3O3/c1-29-27-19-9-7-16-15(19)3-2-4-20(16)30-21-10-6-14(12-25-21)26-22(28)13-5-8-17(23)18(24)11-13/h2-6,8,10-12H,7,9H2,1H3,(H,26,28)/b27-19+. The molecule has 0 saturated carbocycles. The third-order valence-electron chi connectivity index (χ3n) is 4.65. The molecule has 0 atom stereocenters. The molecule has 0 bridgehead atoms. The van der Waals surface area contributed by atoms with Crippen LogP contribution in [0.25, 0.3) is 0 Å². The lowest BCUT2D eigenvalue weighted by molar-refractivity contribution is 0.102. The van der Waals surface area contributed by atoms with E-state index in [4.69, 9.17) is 32.8 Å². The largest absolute Gasteiger partial charge is 0.439 e. The van der Waals surface area contributed by atoms with Crippen LogP contribution in [0.1, 0.15) is 27.9 Å². The van der Waals surface area contributed by atoms with Gasteiger partial charge in [-0.2, -0.15) is 0 Å². The number of ether oxygens (including phenoxy) is 1. The molecule has 1 aliphatic rings. The molecule has 0 radical (unpaired) electrons. The van der Waals surface area contributed by atoms with Crippen molar-refractivity contribution in [3.05, 3.63) is 81.5 Å². The number of carbonyl (C=O) groups is 1. The number of benzene rings is 2. The molecule has 3 aromatic rings. The summed E-state index contributed by atoms with van der Waals surface area (Å²) >= 11 is 11.9. The Labute approximate surface area is 183 Å². The Hall–Kier alpha value is -3.09. The fourth-order valence-corrected chi connectivity index (χ4v) is 3.54. The zero-order valence-corrected chi connectivity index (χ0v) is 17.5. The molecule has 1 heterocycles. The van der Waals surface area contributed by atoms with E-state index in [0.717, 1.165) is 35.4 Å². The van der Waals surface area contributed by atoms with Gasteiger partial charge in [0.2, 0.25) is 5.88 Å². The zero-order valence-electron chi connectivity index (χ0n) is 16.0. The fraction of sp³-hybridized carbons (Fsp3) is 0.136. The van der Waals surface area contributed by atoms with E-state index in [0.29, 0.717) is 27.2 Å². The predicted octanol–water partition coefficient (Wildman–Crippen LogP) is 5.73. The molecule has 30 heavy (non-hydrogen) atoms. The molecule has 4 rings (SSSR count). The number of rotatable bonds is 5. The lowest BCUT2D eigenvalue weighted by Gasteiger charge is -2.10. The number of hydrogen-bond donors (Lipinski definition) is 1. The molecule has 0 fully saturated rings. The number of pyridine rings is 1. The number of oxime groups is 1. The minimum Gasteiger partial charge on any atom is -0.439 e. The van der Waals surface area contributed by atoms with Crippen LogP contribution >= 0.6 is 23.2 Å². The van der Waals surface area contributed by atoms with Gasteiger partial charge in [-0.3, -0.25) is 4.79 Å². The second-order valence-electron chi connectivity index (χ2n) is 6.57. The third kappa shape index (κ3) is 4.25. The third-order valence-corrected chi connectivity index (χ3v) is 5.39. The molecular formula is C22H17Cl2N3O3. The number of amides is 1. The van der Waals surface area contributed by atoms with Crippen molar-refractivity contribution in [2.45, 2.75) is 12.8 Å². The smallest absolute Gasteiger partial charge is 0.255 e. The molecular weight excluding hydrogens is 425 g/mol. The van der Waals surface area contributed by atoms with Crippen molar-refractivity contribution < 1.29 is 14.4 Å². The molecule has 1 aromatic heterocycles. The summed E-state index contributed by atoms with van der Waals surface area (Å²) in [5.41, 5.74) is 3.95. The van der Waals surface area contributed by atoms with Gasteiger partial charge in [-0.25, -0.2) is 4.98 Å². The minimum atomic E-state index is -0.310. The van der Waals surface area contributed by atoms with Crippen molar-refractivity contribution in [3.8, 4) is 11.6 Å². The van der Waals surface area contributed by atoms with Crippen LogP contribution in [0.2, 0.25) is 10.0 Å². The van der Waals surface area contributed by atoms with Gasteiger partial charge in [0, 0.05) is 22.8 Å². The highest BCUT2D eigenvalue weighted by Gasteiger charge is 2.22. The van der Waals surface area contributed by atoms with Crippen LogP contribution in [0.5, 0.6) is 11.6 Å². The van der Waals surface area contributed by atoms with E-state index < -0.39 is 0 Å². The van der Waals surface area contributed by atoms with Gasteiger partial charge in [-0.05, 0) is 43.2 Å². The molecule has 1 N–H and O–H groups in total. The van der Waals surface area contributed by atoms with Crippen LogP contribution in [-0.4, -0.2) is 23.7 Å². The van der Waals surface area contributed by atoms with Crippen molar-refractivity contribution in [2.24, 2.45) is 5.16 Å². The number of fused-ring (bicyclic) bond motifs is 1. The number of halogens is 2. The molecule has 1 aliphatic carbocycles. The summed E-state index contributed by atoms with van der Waals surface area (Å²) in [5.74, 6) is 0.844. The first-order valence-electron chi connectivity index (χ1n) is 9.18. The van der Waals surface area contributed by atoms with Crippen molar-refractivity contribution in [3.63, 3.8) is 0 Å². The number of nitrogens with one attached hydrogen (secondary N) is 1. The number of aromatic nitrogens is 1. The first kappa shape index (κ1) is 20.2. The van der Waals surface area contributed by atoms with Crippen LogP contribution in [-0.2, 0) is 11.3 Å². The first-order valence-corrected chi connectivity index (χ1v) is 9.93. The maximum atomic E-state index is 12.4. The SMILES string of the molecule is CO/N=C1\CCc2c(Oc3ccc(NC(=O)c4ccc(Cl)c(Cl)c4)cn3)cccc21. The van der Waals surface area contributed by atoms with Gasteiger partial charge >= 0.3 is 0 Å². The minimum absolute atomic E-state index is 0.310. The molecule has 0 aliphatic heterocycles. The van der Waals surface area contributed by atoms with E-state index in [1.54, 1.807) is 24.3 Å². The first-order chi connectivity index (χ1) is 14.5. The predicted molar refractivity (Wildman–Crippen MR) is 117 cm³/mol. The van der Waals surface area contributed by atoms with Crippen LogP contribution in [0.3, 0.4) is 0 Å². The van der Waals surface area contributed by atoms with E-state index in [1.807, 2.05) is 18.2 Å². The van der Waals surface area contributed by atoms with Crippen LogP contribution in [0.4, 0.5) is 5.69 Å². The molecule has 0 saturated heterocycles. The Morgan fingerprint density at radius 3 is 2.70 bits per heavy atom. The van der Waals surface area contributed by atoms with Gasteiger partial charge < -0.3 is 14.9 Å². The quantitative estimate of drug-likeness (QED) is 0.513. The van der Waals surface area contributed by atoms with Gasteiger partial charge in [0.05, 0.1) is 27.6 Å². The van der Waals surface area contributed by atoms with Crippen molar-refractivity contribution in [1.82, 2.24) is 4.98 Å². The van der Waals surface area contributed by atoms with E-state index in [-0.39, 0.29) is 5.91 Å². The molecule has 0 unspecified atom stereocenters. The summed E-state index contributed by atoms with van der Waals surface area (Å²) in [4.78, 5) is 21.6. The normalized spacial score (nSPS) is 13.8. The number of carbonyl (C=O) groups excluding carboxylic acids is 1. The summed E-state index contributed by atoms with van der Waals surface area (Å²) in [6, 6.07) is 13.9. The molecule has 0 spiro atoms. The Balaban J connectivity index is 1.47. The number of hydrogen-bond acceptors (Lipinski definition) is 5. The summed E-state index contributed by atoms with van der Waals surface area (Å²) in [5, 5.41) is 7.56. The second-order valence-corrected chi connectivity index (χ2v) is 7.39. The Kier molecular flexibility index (Phi) is 5.88. The van der Waals surface area contributed by atoms with Crippen molar-refractivity contribution in [2.75, 3.05) is 12.4 Å². The van der Waals surface area contributed by atoms with Crippen molar-refractivity contribution in [1.29, 1.82) is 0 Å². The van der Waals surface area contributed by atoms with Crippen LogP contribution < -0.4 is 10.1 Å². The topological polar surface area (TPSA) is 72.8 Å². The highest BCUT2D eigenvalue weighted by molar-refractivity contribution is 6.42. The average Bonchev–Trinajstić information content (AvgIpc) is 3.16. The van der Waals surface area contributed by atoms with Crippen LogP contribution in [0.15, 0.2) is 59.9 Å². The summed E-state index contributed by atoms with van der Waals surface area (Å²) in [6.07, 6.45) is 3.16. The van der Waals surface area contributed by atoms with E-state index in [9.17, 15) is 4.79 Å². The molecule has 8 heteroatoms. The lowest BCUT2D eigenvalue weighted by Crippen LogP contribution is -2.12. The lowest BCUT2D eigenvalue weighted by atomic mass is 10.1. The highest BCUT2D eigenvalue weighted by atomic mass is 35.5. The van der Waals surface area contributed by atoms with Gasteiger partial charge in [0.1, 0.15) is 12.9 Å². The molecule has 2 aromatic carbocycles. The van der Waals surface area contributed by atoms with E-state index in [2.05, 4.69) is 15.5 Å². The van der Waals surface area contributed by atoms with Gasteiger partial charge in [0.15, 0.2) is 0 Å². The van der Waals surface area contributed by atoms with Gasteiger partial charge in [0.25, 0.3) is 5.91 Å². The number of nitrogens with zero attached hydrogens (tertiary/aromatic N) is 2. The van der Waals surface area contributed by atoms with E-state index in [1.165, 1.54) is 19.4 Å². The summed E-state index contributed by atoms with van der Waals surface area (Å²) < 4.78 is 5.97. The van der Waals surface area contributed by atoms with Gasteiger partial charge in [-0.15, -0.1) is 0 Å².